The average Bonchev–Trinajstić information content (AvgIpc) is 2.97. The van der Waals surface area contributed by atoms with Crippen LogP contribution in [0.5, 0.6) is 0 Å². The summed E-state index contributed by atoms with van der Waals surface area (Å²) in [4.78, 5) is 15.9. The third-order valence-electron chi connectivity index (χ3n) is 7.78. The number of halogens is 1. The highest BCUT2D eigenvalue weighted by molar-refractivity contribution is 5.80. The molecule has 0 spiro atoms. The van der Waals surface area contributed by atoms with Crippen molar-refractivity contribution < 1.29 is 9.18 Å². The molecule has 0 N–H and O–H groups in total. The summed E-state index contributed by atoms with van der Waals surface area (Å²) in [6.45, 7) is 0.911. The van der Waals surface area contributed by atoms with E-state index in [4.69, 9.17) is 0 Å². The number of rotatable bonds is 6. The minimum absolute atomic E-state index is 0.0438. The summed E-state index contributed by atoms with van der Waals surface area (Å²) >= 11 is 0. The van der Waals surface area contributed by atoms with Gasteiger partial charge in [-0.2, -0.15) is 5.26 Å². The quantitative estimate of drug-likeness (QED) is 0.286. The van der Waals surface area contributed by atoms with Gasteiger partial charge in [0.2, 0.25) is 5.91 Å². The number of likely N-dealkylation sites (tertiary alicyclic amines) is 1. The molecular formula is C33H29FN2O. The molecule has 3 nitrogen and oxygen atoms in total. The van der Waals surface area contributed by atoms with Crippen molar-refractivity contribution in [1.82, 2.24) is 4.90 Å². The molecule has 0 radical (unpaired) electrons. The third-order valence-corrected chi connectivity index (χ3v) is 7.78. The molecule has 4 aromatic rings. The predicted molar refractivity (Wildman–Crippen MR) is 143 cm³/mol. The molecule has 0 unspecified atom stereocenters. The second kappa shape index (κ2) is 10.4. The van der Waals surface area contributed by atoms with Crippen LogP contribution in [0.25, 0.3) is 0 Å². The Kier molecular flexibility index (Phi) is 6.88. The molecule has 0 atom stereocenters. The Balaban J connectivity index is 1.49. The number of hydrogen-bond donors (Lipinski definition) is 0. The van der Waals surface area contributed by atoms with Crippen LogP contribution in [0, 0.1) is 17.1 Å². The molecule has 4 aromatic carbocycles. The highest BCUT2D eigenvalue weighted by Crippen LogP contribution is 2.43. The fourth-order valence-corrected chi connectivity index (χ4v) is 5.70. The van der Waals surface area contributed by atoms with E-state index in [1.165, 1.54) is 12.1 Å². The molecule has 1 heterocycles. The minimum atomic E-state index is -0.783. The van der Waals surface area contributed by atoms with Crippen molar-refractivity contribution in [3.05, 3.63) is 143 Å². The maximum Gasteiger partial charge on any atom is 0.224 e. The van der Waals surface area contributed by atoms with E-state index in [1.54, 1.807) is 6.07 Å². The first-order chi connectivity index (χ1) is 18.1. The number of carbonyl (C=O) groups excluding carboxylic acids is 1. The normalized spacial score (nSPS) is 15.1. The molecular weight excluding hydrogens is 459 g/mol. The van der Waals surface area contributed by atoms with Crippen LogP contribution >= 0.6 is 0 Å². The first-order valence-electron chi connectivity index (χ1n) is 12.7. The van der Waals surface area contributed by atoms with Gasteiger partial charge >= 0.3 is 0 Å². The minimum Gasteiger partial charge on any atom is -0.343 e. The SMILES string of the molecule is N#CC1(c2cccc(F)c2)CCN(C(=O)CC(c2ccccc2)(c2ccccc2)c2ccccc2)CC1. The van der Waals surface area contributed by atoms with Crippen molar-refractivity contribution >= 4 is 5.91 Å². The van der Waals surface area contributed by atoms with Crippen LogP contribution < -0.4 is 0 Å². The Morgan fingerprint density at radius 3 is 1.70 bits per heavy atom. The molecule has 1 saturated heterocycles. The summed E-state index contributed by atoms with van der Waals surface area (Å²) in [5.41, 5.74) is 2.42. The smallest absolute Gasteiger partial charge is 0.224 e. The zero-order chi connectivity index (χ0) is 25.7. The van der Waals surface area contributed by atoms with Crippen molar-refractivity contribution in [3.8, 4) is 6.07 Å². The molecule has 4 heteroatoms. The van der Waals surface area contributed by atoms with Gasteiger partial charge in [0.25, 0.3) is 0 Å². The number of nitrogens with zero attached hydrogens (tertiary/aromatic N) is 2. The molecule has 0 saturated carbocycles. The third kappa shape index (κ3) is 4.66. The zero-order valence-electron chi connectivity index (χ0n) is 20.7. The number of nitriles is 1. The standard InChI is InChI=1S/C33H29FN2O/c34-30-18-10-17-29(23-30)32(25-35)19-21-36(22-20-32)31(37)24-33(26-11-4-1-5-12-26,27-13-6-2-7-14-27)28-15-8-3-9-16-28/h1-18,23H,19-22,24H2. The fourth-order valence-electron chi connectivity index (χ4n) is 5.70. The van der Waals surface area contributed by atoms with E-state index < -0.39 is 10.8 Å². The molecule has 0 aliphatic carbocycles. The molecule has 1 aliphatic rings. The Morgan fingerprint density at radius 1 is 0.784 bits per heavy atom. The molecule has 0 bridgehead atoms. The molecule has 5 rings (SSSR count). The molecule has 0 aromatic heterocycles. The summed E-state index contributed by atoms with van der Waals surface area (Å²) in [6, 6.07) is 39.4. The largest absolute Gasteiger partial charge is 0.343 e. The van der Waals surface area contributed by atoms with Crippen molar-refractivity contribution in [2.45, 2.75) is 30.1 Å². The van der Waals surface area contributed by atoms with E-state index in [0.29, 0.717) is 31.5 Å². The molecule has 1 fully saturated rings. The van der Waals surface area contributed by atoms with E-state index in [9.17, 15) is 14.4 Å². The Labute approximate surface area is 217 Å². The lowest BCUT2D eigenvalue weighted by Gasteiger charge is -2.41. The van der Waals surface area contributed by atoms with Gasteiger partial charge < -0.3 is 4.90 Å². The van der Waals surface area contributed by atoms with Gasteiger partial charge in [0.05, 0.1) is 16.9 Å². The summed E-state index contributed by atoms with van der Waals surface area (Å²) < 4.78 is 13.9. The van der Waals surface area contributed by atoms with Crippen molar-refractivity contribution in [3.63, 3.8) is 0 Å². The number of carbonyl (C=O) groups is 1. The van der Waals surface area contributed by atoms with Crippen molar-refractivity contribution in [1.29, 1.82) is 5.26 Å². The first kappa shape index (κ1) is 24.5. The van der Waals surface area contributed by atoms with Crippen LogP contribution in [0.3, 0.4) is 0 Å². The Hall–Kier alpha value is -4.23. The highest BCUT2D eigenvalue weighted by atomic mass is 19.1. The van der Waals surface area contributed by atoms with Gasteiger partial charge in [0.1, 0.15) is 5.82 Å². The van der Waals surface area contributed by atoms with E-state index >= 15 is 0 Å². The van der Waals surface area contributed by atoms with E-state index in [1.807, 2.05) is 65.6 Å². The molecule has 1 aliphatic heterocycles. The lowest BCUT2D eigenvalue weighted by molar-refractivity contribution is -0.133. The number of piperidine rings is 1. The summed E-state index contributed by atoms with van der Waals surface area (Å²) in [5.74, 6) is -0.300. The van der Waals surface area contributed by atoms with Crippen LogP contribution in [0.1, 0.15) is 41.5 Å². The second-order valence-corrected chi connectivity index (χ2v) is 9.77. The van der Waals surface area contributed by atoms with Crippen LogP contribution in [0.2, 0.25) is 0 Å². The van der Waals surface area contributed by atoms with Crippen LogP contribution in [0.4, 0.5) is 4.39 Å². The van der Waals surface area contributed by atoms with Crippen LogP contribution in [-0.2, 0) is 15.6 Å². The maximum atomic E-state index is 14.0. The van der Waals surface area contributed by atoms with Crippen LogP contribution in [0.15, 0.2) is 115 Å². The Morgan fingerprint density at radius 2 is 1.27 bits per heavy atom. The lowest BCUT2D eigenvalue weighted by Crippen LogP contribution is -2.47. The van der Waals surface area contributed by atoms with Gasteiger partial charge in [-0.25, -0.2) is 4.39 Å². The number of benzene rings is 4. The summed E-state index contributed by atoms with van der Waals surface area (Å²) in [6.07, 6.45) is 1.23. The van der Waals surface area contributed by atoms with Crippen molar-refractivity contribution in [2.75, 3.05) is 13.1 Å². The second-order valence-electron chi connectivity index (χ2n) is 9.77. The highest BCUT2D eigenvalue weighted by Gasteiger charge is 2.42. The van der Waals surface area contributed by atoms with E-state index in [-0.39, 0.29) is 18.1 Å². The maximum absolute atomic E-state index is 14.0. The fraction of sp³-hybridized carbons (Fsp3) is 0.212. The Bertz CT molecular complexity index is 1290. The van der Waals surface area contributed by atoms with Gasteiger partial charge in [-0.1, -0.05) is 103 Å². The topological polar surface area (TPSA) is 44.1 Å². The van der Waals surface area contributed by atoms with Gasteiger partial charge in [-0.15, -0.1) is 0 Å². The van der Waals surface area contributed by atoms with Crippen LogP contribution in [-0.4, -0.2) is 23.9 Å². The molecule has 184 valence electrons. The van der Waals surface area contributed by atoms with Gasteiger partial charge in [0, 0.05) is 19.5 Å². The number of amides is 1. The molecule has 1 amide bonds. The summed E-state index contributed by atoms with van der Waals surface area (Å²) in [7, 11) is 0. The molecule has 37 heavy (non-hydrogen) atoms. The summed E-state index contributed by atoms with van der Waals surface area (Å²) in [5, 5.41) is 10.1. The zero-order valence-corrected chi connectivity index (χ0v) is 20.7. The van der Waals surface area contributed by atoms with Gasteiger partial charge in [-0.3, -0.25) is 4.79 Å². The van der Waals surface area contributed by atoms with Gasteiger partial charge in [-0.05, 0) is 47.2 Å². The van der Waals surface area contributed by atoms with E-state index in [2.05, 4.69) is 42.5 Å². The number of hydrogen-bond acceptors (Lipinski definition) is 2. The van der Waals surface area contributed by atoms with Gasteiger partial charge in [0.15, 0.2) is 0 Å². The van der Waals surface area contributed by atoms with Crippen molar-refractivity contribution in [2.24, 2.45) is 0 Å². The first-order valence-corrected chi connectivity index (χ1v) is 12.7. The predicted octanol–water partition coefficient (Wildman–Crippen LogP) is 6.63. The lowest BCUT2D eigenvalue weighted by atomic mass is 9.67. The average molecular weight is 489 g/mol. The monoisotopic (exact) mass is 488 g/mol. The van der Waals surface area contributed by atoms with E-state index in [0.717, 1.165) is 16.7 Å².